The minimum absolute atomic E-state index is 0.0289. The van der Waals surface area contributed by atoms with E-state index in [0.717, 1.165) is 19.3 Å². The molecule has 7 nitrogen and oxygen atoms in total. The van der Waals surface area contributed by atoms with E-state index in [1.807, 2.05) is 0 Å². The van der Waals surface area contributed by atoms with E-state index in [4.69, 9.17) is 11.6 Å². The van der Waals surface area contributed by atoms with Crippen molar-refractivity contribution in [2.24, 2.45) is 0 Å². The minimum atomic E-state index is -3.61. The number of hydrogen-bond acceptors (Lipinski definition) is 4. The third-order valence-corrected chi connectivity index (χ3v) is 7.75. The molecule has 2 aromatic heterocycles. The monoisotopic (exact) mass is 464 g/mol. The smallest absolute Gasteiger partial charge is 0.276 e. The number of pyridine rings is 1. The Bertz CT molecular complexity index is 1240. The fourth-order valence-corrected chi connectivity index (χ4v) is 5.43. The number of aryl methyl sites for hydroxylation is 1. The van der Waals surface area contributed by atoms with Crippen molar-refractivity contribution >= 4 is 21.6 Å². The first-order valence-corrected chi connectivity index (χ1v) is 11.8. The number of sulfonamides is 1. The Kier molecular flexibility index (Phi) is 6.00. The van der Waals surface area contributed by atoms with E-state index in [9.17, 15) is 17.6 Å². The molecule has 3 aromatic rings. The number of nitrogens with zero attached hydrogens (tertiary/aromatic N) is 3. The van der Waals surface area contributed by atoms with Crippen LogP contribution in [0.15, 0.2) is 46.2 Å². The summed E-state index contributed by atoms with van der Waals surface area (Å²) in [7, 11) is -3.61. The summed E-state index contributed by atoms with van der Waals surface area (Å²) in [5.74, 6) is -0.235. The van der Waals surface area contributed by atoms with Gasteiger partial charge in [-0.1, -0.05) is 24.1 Å². The van der Waals surface area contributed by atoms with Crippen LogP contribution in [-0.2, 0) is 16.4 Å². The Morgan fingerprint density at radius 2 is 1.87 bits per heavy atom. The van der Waals surface area contributed by atoms with Gasteiger partial charge in [-0.15, -0.1) is 0 Å². The van der Waals surface area contributed by atoms with Crippen molar-refractivity contribution in [1.82, 2.24) is 19.1 Å². The molecule has 31 heavy (non-hydrogen) atoms. The Balaban J connectivity index is 1.64. The molecule has 0 spiro atoms. The van der Waals surface area contributed by atoms with Gasteiger partial charge in [0.25, 0.3) is 5.56 Å². The fraction of sp³-hybridized carbons (Fsp3) is 0.333. The third kappa shape index (κ3) is 4.17. The van der Waals surface area contributed by atoms with Crippen molar-refractivity contribution in [3.8, 4) is 5.82 Å². The van der Waals surface area contributed by atoms with Crippen LogP contribution in [0.4, 0.5) is 4.39 Å². The Morgan fingerprint density at radius 1 is 1.13 bits per heavy atom. The summed E-state index contributed by atoms with van der Waals surface area (Å²) in [5, 5.41) is 3.17. The van der Waals surface area contributed by atoms with Crippen LogP contribution < -0.4 is 5.56 Å². The van der Waals surface area contributed by atoms with Gasteiger partial charge in [0.15, 0.2) is 5.82 Å². The van der Waals surface area contributed by atoms with Crippen LogP contribution in [-0.4, -0.2) is 40.6 Å². The van der Waals surface area contributed by atoms with Gasteiger partial charge in [0.05, 0.1) is 0 Å². The highest BCUT2D eigenvalue weighted by Crippen LogP contribution is 2.23. The molecule has 164 valence electrons. The highest BCUT2D eigenvalue weighted by molar-refractivity contribution is 7.89. The van der Waals surface area contributed by atoms with Crippen molar-refractivity contribution in [2.45, 2.75) is 37.5 Å². The summed E-state index contributed by atoms with van der Waals surface area (Å²) in [6.07, 6.45) is 4.00. The zero-order chi connectivity index (χ0) is 22.2. The van der Waals surface area contributed by atoms with Gasteiger partial charge in [-0.25, -0.2) is 22.5 Å². The number of aromatic nitrogens is 3. The summed E-state index contributed by atoms with van der Waals surface area (Å²) in [4.78, 5) is 17.2. The number of halogens is 2. The molecule has 0 radical (unpaired) electrons. The van der Waals surface area contributed by atoms with Gasteiger partial charge >= 0.3 is 0 Å². The molecule has 3 heterocycles. The Labute approximate surface area is 184 Å². The maximum atomic E-state index is 14.2. The van der Waals surface area contributed by atoms with Gasteiger partial charge in [0.1, 0.15) is 10.7 Å². The molecule has 0 bridgehead atoms. The van der Waals surface area contributed by atoms with Gasteiger partial charge in [0.2, 0.25) is 10.0 Å². The number of benzene rings is 1. The van der Waals surface area contributed by atoms with Gasteiger partial charge in [-0.05, 0) is 44.0 Å². The molecule has 1 fully saturated rings. The first kappa shape index (κ1) is 21.7. The van der Waals surface area contributed by atoms with Crippen LogP contribution in [0.1, 0.15) is 36.1 Å². The summed E-state index contributed by atoms with van der Waals surface area (Å²) in [5.41, 5.74) is 0.761. The lowest BCUT2D eigenvalue weighted by molar-refractivity contribution is 0.346. The van der Waals surface area contributed by atoms with Crippen LogP contribution in [0.2, 0.25) is 5.02 Å². The molecular weight excluding hydrogens is 443 g/mol. The van der Waals surface area contributed by atoms with Crippen LogP contribution >= 0.6 is 11.6 Å². The predicted molar refractivity (Wildman–Crippen MR) is 116 cm³/mol. The second-order valence-corrected chi connectivity index (χ2v) is 9.89. The van der Waals surface area contributed by atoms with Gasteiger partial charge < -0.3 is 0 Å². The van der Waals surface area contributed by atoms with Crippen molar-refractivity contribution < 1.29 is 12.8 Å². The number of rotatable bonds is 5. The van der Waals surface area contributed by atoms with Crippen molar-refractivity contribution in [3.05, 3.63) is 74.5 Å². The molecule has 0 unspecified atom stereocenters. The lowest BCUT2D eigenvalue weighted by Gasteiger charge is -2.25. The normalized spacial score (nSPS) is 15.3. The van der Waals surface area contributed by atoms with Crippen LogP contribution in [0.3, 0.4) is 0 Å². The fourth-order valence-electron chi connectivity index (χ4n) is 3.74. The molecule has 0 saturated carbocycles. The molecule has 0 atom stereocenters. The summed E-state index contributed by atoms with van der Waals surface area (Å²) < 4.78 is 42.4. The number of piperidine rings is 1. The van der Waals surface area contributed by atoms with E-state index in [1.165, 1.54) is 39.4 Å². The predicted octanol–water partition coefficient (Wildman–Crippen LogP) is 3.43. The van der Waals surface area contributed by atoms with E-state index in [-0.39, 0.29) is 27.7 Å². The summed E-state index contributed by atoms with van der Waals surface area (Å²) in [6, 6.07) is 7.30. The first-order chi connectivity index (χ1) is 14.8. The van der Waals surface area contributed by atoms with Crippen LogP contribution in [0.25, 0.3) is 5.82 Å². The molecule has 1 aromatic carbocycles. The maximum absolute atomic E-state index is 14.2. The van der Waals surface area contributed by atoms with Gasteiger partial charge in [-0.3, -0.25) is 9.89 Å². The molecule has 0 aliphatic carbocycles. The lowest BCUT2D eigenvalue weighted by Crippen LogP contribution is -2.35. The van der Waals surface area contributed by atoms with Gasteiger partial charge in [0, 0.05) is 47.6 Å². The lowest BCUT2D eigenvalue weighted by atomic mass is 10.1. The van der Waals surface area contributed by atoms with E-state index in [0.29, 0.717) is 24.3 Å². The molecule has 1 N–H and O–H groups in total. The van der Waals surface area contributed by atoms with Gasteiger partial charge in [-0.2, -0.15) is 4.31 Å². The Hall–Kier alpha value is -2.49. The second-order valence-electron chi connectivity index (χ2n) is 7.55. The quantitative estimate of drug-likeness (QED) is 0.626. The molecule has 4 rings (SSSR count). The Morgan fingerprint density at radius 3 is 2.52 bits per heavy atom. The van der Waals surface area contributed by atoms with E-state index >= 15 is 0 Å². The average Bonchev–Trinajstić information content (AvgIpc) is 3.05. The molecule has 10 heteroatoms. The standard InChI is InChI=1S/C21H22ClFN4O3S/c1-14-16(12-17-18(22)6-5-7-19(17)23)21(28)27(25-14)20-9-8-15(13-24-20)31(29,30)26-10-3-2-4-11-26/h5-9,13,25H,2-4,10-12H2,1H3. The molecular formula is C21H22ClFN4O3S. The van der Waals surface area contributed by atoms with Crippen molar-refractivity contribution in [1.29, 1.82) is 0 Å². The zero-order valence-corrected chi connectivity index (χ0v) is 18.5. The SMILES string of the molecule is Cc1[nH]n(-c2ccc(S(=O)(=O)N3CCCCC3)cn2)c(=O)c1Cc1c(F)cccc1Cl. The number of hydrogen-bond donors (Lipinski definition) is 1. The average molecular weight is 465 g/mol. The molecule has 1 saturated heterocycles. The zero-order valence-electron chi connectivity index (χ0n) is 16.9. The highest BCUT2D eigenvalue weighted by atomic mass is 35.5. The minimum Gasteiger partial charge on any atom is -0.294 e. The van der Waals surface area contributed by atoms with Crippen molar-refractivity contribution in [3.63, 3.8) is 0 Å². The van der Waals surface area contributed by atoms with Crippen LogP contribution in [0, 0.1) is 12.7 Å². The largest absolute Gasteiger partial charge is 0.294 e. The number of aromatic amines is 1. The summed E-state index contributed by atoms with van der Waals surface area (Å²) in [6.45, 7) is 2.71. The van der Waals surface area contributed by atoms with Crippen LogP contribution in [0.5, 0.6) is 0 Å². The molecule has 0 amide bonds. The van der Waals surface area contributed by atoms with E-state index in [1.54, 1.807) is 13.0 Å². The molecule has 1 aliphatic rings. The first-order valence-electron chi connectivity index (χ1n) is 9.99. The molecule has 1 aliphatic heterocycles. The van der Waals surface area contributed by atoms with Crippen molar-refractivity contribution in [2.75, 3.05) is 13.1 Å². The maximum Gasteiger partial charge on any atom is 0.276 e. The van der Waals surface area contributed by atoms with E-state index in [2.05, 4.69) is 10.1 Å². The van der Waals surface area contributed by atoms with E-state index < -0.39 is 21.4 Å². The number of H-pyrrole nitrogens is 1. The third-order valence-electron chi connectivity index (χ3n) is 5.51. The topological polar surface area (TPSA) is 88.1 Å². The highest BCUT2D eigenvalue weighted by Gasteiger charge is 2.26. The summed E-state index contributed by atoms with van der Waals surface area (Å²) >= 11 is 6.10. The number of nitrogens with one attached hydrogen (secondary N) is 1. The second kappa shape index (κ2) is 8.57.